The maximum Gasteiger partial charge on any atom is 0.266 e. The second-order valence-electron chi connectivity index (χ2n) is 2.19. The summed E-state index contributed by atoms with van der Waals surface area (Å²) in [4.78, 5) is 0. The molecule has 0 spiro atoms. The van der Waals surface area contributed by atoms with Crippen LogP contribution in [0.25, 0.3) is 0 Å². The van der Waals surface area contributed by atoms with Gasteiger partial charge in [0.2, 0.25) is 0 Å². The van der Waals surface area contributed by atoms with Gasteiger partial charge in [0.1, 0.15) is 18.4 Å². The fourth-order valence-electron chi connectivity index (χ4n) is 0.791. The lowest BCUT2D eigenvalue weighted by Gasteiger charge is -1.84. The molecule has 0 fully saturated rings. The van der Waals surface area contributed by atoms with E-state index in [0.717, 1.165) is 5.82 Å². The van der Waals surface area contributed by atoms with Crippen LogP contribution in [0.4, 0.5) is 0 Å². The average molecular weight is 135 g/mol. The Balaban J connectivity index is 3.13. The van der Waals surface area contributed by atoms with Crippen molar-refractivity contribution in [1.29, 1.82) is 0 Å². The van der Waals surface area contributed by atoms with Crippen LogP contribution in [-0.4, -0.2) is 4.57 Å². The molecule has 2 heteroatoms. The molecule has 0 saturated heterocycles. The molecule has 0 aliphatic rings. The molecular formula is C8H11N2+. The fourth-order valence-corrected chi connectivity index (χ4v) is 0.791. The third-order valence-electron chi connectivity index (χ3n) is 1.53. The van der Waals surface area contributed by atoms with Gasteiger partial charge in [0, 0.05) is 13.8 Å². The standard InChI is InChI=1S/C8H11N2/c1-4-5-10-7-6-9(3)8(10)2/h6-7H,1-3H3/q+1. The summed E-state index contributed by atoms with van der Waals surface area (Å²) in [6.45, 7) is 3.86. The van der Waals surface area contributed by atoms with E-state index < -0.39 is 0 Å². The maximum atomic E-state index is 2.94. The van der Waals surface area contributed by atoms with Crippen LogP contribution in [-0.2, 0) is 7.05 Å². The zero-order chi connectivity index (χ0) is 7.56. The van der Waals surface area contributed by atoms with Crippen LogP contribution in [0, 0.1) is 18.9 Å². The molecule has 2 nitrogen and oxygen atoms in total. The number of aromatic nitrogens is 2. The Hall–Kier alpha value is -1.23. The molecule has 52 valence electrons. The molecule has 1 aromatic rings. The molecule has 0 aliphatic carbocycles. The predicted molar refractivity (Wildman–Crippen MR) is 39.2 cm³/mol. The van der Waals surface area contributed by atoms with Crippen molar-refractivity contribution in [3.8, 4) is 12.0 Å². The van der Waals surface area contributed by atoms with Crippen LogP contribution in [0.15, 0.2) is 12.4 Å². The molecule has 0 atom stereocenters. The van der Waals surface area contributed by atoms with E-state index in [1.807, 2.05) is 42.4 Å². The molecule has 0 aliphatic heterocycles. The van der Waals surface area contributed by atoms with E-state index in [0.29, 0.717) is 0 Å². The van der Waals surface area contributed by atoms with Gasteiger partial charge in [-0.2, -0.15) is 4.57 Å². The van der Waals surface area contributed by atoms with Gasteiger partial charge >= 0.3 is 0 Å². The Morgan fingerprint density at radius 3 is 2.70 bits per heavy atom. The first-order valence-corrected chi connectivity index (χ1v) is 3.22. The Morgan fingerprint density at radius 1 is 1.60 bits per heavy atom. The summed E-state index contributed by atoms with van der Waals surface area (Å²) in [5.74, 6) is 3.99. The third-order valence-corrected chi connectivity index (χ3v) is 1.53. The van der Waals surface area contributed by atoms with Crippen LogP contribution in [0.2, 0.25) is 0 Å². The van der Waals surface area contributed by atoms with E-state index >= 15 is 0 Å². The first-order valence-electron chi connectivity index (χ1n) is 3.22. The average Bonchev–Trinajstić information content (AvgIpc) is 2.20. The van der Waals surface area contributed by atoms with E-state index in [4.69, 9.17) is 0 Å². The van der Waals surface area contributed by atoms with E-state index in [1.165, 1.54) is 0 Å². The van der Waals surface area contributed by atoms with Gasteiger partial charge in [-0.05, 0) is 0 Å². The lowest BCUT2D eigenvalue weighted by Crippen LogP contribution is -2.29. The van der Waals surface area contributed by atoms with Gasteiger partial charge in [0.15, 0.2) is 0 Å². The lowest BCUT2D eigenvalue weighted by atomic mass is 10.6. The van der Waals surface area contributed by atoms with Gasteiger partial charge in [-0.1, -0.05) is 5.92 Å². The minimum absolute atomic E-state index is 1.15. The second-order valence-corrected chi connectivity index (χ2v) is 2.19. The fraction of sp³-hybridized carbons (Fsp3) is 0.375. The topological polar surface area (TPSA) is 8.81 Å². The van der Waals surface area contributed by atoms with Crippen molar-refractivity contribution in [3.63, 3.8) is 0 Å². The Labute approximate surface area is 61.1 Å². The number of aryl methyl sites for hydroxylation is 1. The van der Waals surface area contributed by atoms with Gasteiger partial charge in [-0.3, -0.25) is 0 Å². The quantitative estimate of drug-likeness (QED) is 0.361. The van der Waals surface area contributed by atoms with Gasteiger partial charge in [-0.15, -0.1) is 0 Å². The highest BCUT2D eigenvalue weighted by Gasteiger charge is 2.04. The first-order chi connectivity index (χ1) is 4.75. The van der Waals surface area contributed by atoms with Gasteiger partial charge in [0.05, 0.1) is 7.05 Å². The van der Waals surface area contributed by atoms with E-state index in [-0.39, 0.29) is 0 Å². The molecule has 0 amide bonds. The van der Waals surface area contributed by atoms with Crippen LogP contribution < -0.4 is 4.57 Å². The molecule has 0 radical (unpaired) electrons. The summed E-state index contributed by atoms with van der Waals surface area (Å²) in [5, 5.41) is 0. The number of imidazole rings is 1. The predicted octanol–water partition coefficient (Wildman–Crippen LogP) is 0.450. The summed E-state index contributed by atoms with van der Waals surface area (Å²) in [7, 11) is 2.00. The largest absolute Gasteiger partial charge is 0.266 e. The van der Waals surface area contributed by atoms with Crippen LogP contribution in [0.3, 0.4) is 0 Å². The highest BCUT2D eigenvalue weighted by atomic mass is 15.1. The van der Waals surface area contributed by atoms with Crippen molar-refractivity contribution >= 4 is 0 Å². The molecule has 0 bridgehead atoms. The van der Waals surface area contributed by atoms with Crippen molar-refractivity contribution < 1.29 is 4.57 Å². The summed E-state index contributed by atoms with van der Waals surface area (Å²) in [6, 6.07) is 2.94. The number of hydrogen-bond donors (Lipinski definition) is 0. The molecule has 0 aromatic carbocycles. The molecule has 1 rings (SSSR count). The summed E-state index contributed by atoms with van der Waals surface area (Å²) in [6.07, 6.45) is 3.94. The zero-order valence-electron chi connectivity index (χ0n) is 6.55. The minimum atomic E-state index is 1.15. The van der Waals surface area contributed by atoms with Crippen molar-refractivity contribution in [2.75, 3.05) is 0 Å². The number of hydrogen-bond acceptors (Lipinski definition) is 0. The summed E-state index contributed by atoms with van der Waals surface area (Å²) < 4.78 is 3.93. The summed E-state index contributed by atoms with van der Waals surface area (Å²) >= 11 is 0. The SMILES string of the molecule is CC#Cn1cc[n+](C)c1C. The van der Waals surface area contributed by atoms with Gasteiger partial charge < -0.3 is 0 Å². The Kier molecular flexibility index (Phi) is 1.77. The van der Waals surface area contributed by atoms with E-state index in [2.05, 4.69) is 12.0 Å². The zero-order valence-corrected chi connectivity index (χ0v) is 6.55. The van der Waals surface area contributed by atoms with Crippen molar-refractivity contribution in [3.05, 3.63) is 18.2 Å². The number of rotatable bonds is 0. The van der Waals surface area contributed by atoms with Gasteiger partial charge in [-0.25, -0.2) is 4.57 Å². The van der Waals surface area contributed by atoms with Gasteiger partial charge in [0.25, 0.3) is 5.82 Å². The molecular weight excluding hydrogens is 124 g/mol. The molecule has 10 heavy (non-hydrogen) atoms. The Bertz CT molecular complexity index is 286. The van der Waals surface area contributed by atoms with Crippen LogP contribution in [0.1, 0.15) is 12.7 Å². The van der Waals surface area contributed by atoms with Crippen molar-refractivity contribution in [2.24, 2.45) is 7.05 Å². The monoisotopic (exact) mass is 135 g/mol. The highest BCUT2D eigenvalue weighted by molar-refractivity contribution is 5.02. The molecule has 0 unspecified atom stereocenters. The maximum absolute atomic E-state index is 2.94. The lowest BCUT2D eigenvalue weighted by molar-refractivity contribution is -0.676. The molecule has 1 heterocycles. The normalized spacial score (nSPS) is 8.70. The van der Waals surface area contributed by atoms with E-state index in [1.54, 1.807) is 0 Å². The Morgan fingerprint density at radius 2 is 2.30 bits per heavy atom. The van der Waals surface area contributed by atoms with Crippen LogP contribution in [0.5, 0.6) is 0 Å². The highest BCUT2D eigenvalue weighted by Crippen LogP contribution is 1.87. The van der Waals surface area contributed by atoms with Crippen molar-refractivity contribution in [1.82, 2.24) is 4.57 Å². The second kappa shape index (κ2) is 2.57. The minimum Gasteiger partial charge on any atom is -0.236 e. The molecule has 1 aromatic heterocycles. The molecule has 0 N–H and O–H groups in total. The summed E-state index contributed by atoms with van der Waals surface area (Å²) in [5.41, 5.74) is 0. The van der Waals surface area contributed by atoms with Crippen molar-refractivity contribution in [2.45, 2.75) is 13.8 Å². The first kappa shape index (κ1) is 6.88. The third kappa shape index (κ3) is 1.03. The number of nitrogens with zero attached hydrogens (tertiary/aromatic N) is 2. The van der Waals surface area contributed by atoms with E-state index in [9.17, 15) is 0 Å². The smallest absolute Gasteiger partial charge is 0.236 e. The van der Waals surface area contributed by atoms with Crippen LogP contribution >= 0.6 is 0 Å². The molecule has 0 saturated carbocycles.